The van der Waals surface area contributed by atoms with E-state index in [2.05, 4.69) is 34.3 Å². The van der Waals surface area contributed by atoms with Gasteiger partial charge in [0.2, 0.25) is 0 Å². The number of hydrogen-bond acceptors (Lipinski definition) is 4. The van der Waals surface area contributed by atoms with Gasteiger partial charge < -0.3 is 15.0 Å². The third-order valence-electron chi connectivity index (χ3n) is 4.60. The monoisotopic (exact) mass is 289 g/mol. The van der Waals surface area contributed by atoms with Crippen LogP contribution in [-0.2, 0) is 11.3 Å². The van der Waals surface area contributed by atoms with E-state index in [9.17, 15) is 0 Å². The maximum atomic E-state index is 5.97. The zero-order valence-corrected chi connectivity index (χ0v) is 13.1. The van der Waals surface area contributed by atoms with Crippen LogP contribution in [0.15, 0.2) is 18.3 Å². The van der Waals surface area contributed by atoms with Crippen LogP contribution in [0.5, 0.6) is 0 Å². The Morgan fingerprint density at radius 2 is 2.29 bits per heavy atom. The summed E-state index contributed by atoms with van der Waals surface area (Å²) < 4.78 is 5.97. The minimum Gasteiger partial charge on any atom is -0.374 e. The highest BCUT2D eigenvalue weighted by atomic mass is 16.5. The van der Waals surface area contributed by atoms with E-state index in [-0.39, 0.29) is 0 Å². The van der Waals surface area contributed by atoms with Gasteiger partial charge in [0.1, 0.15) is 0 Å². The maximum absolute atomic E-state index is 5.97. The van der Waals surface area contributed by atoms with Crippen molar-refractivity contribution in [1.29, 1.82) is 0 Å². The number of rotatable bonds is 5. The Morgan fingerprint density at radius 1 is 1.38 bits per heavy atom. The Bertz CT molecular complexity index is 449. The van der Waals surface area contributed by atoms with Crippen LogP contribution in [0.2, 0.25) is 0 Å². The third kappa shape index (κ3) is 3.55. The lowest BCUT2D eigenvalue weighted by atomic mass is 9.90. The fourth-order valence-electron chi connectivity index (χ4n) is 3.55. The molecule has 21 heavy (non-hydrogen) atoms. The molecule has 2 atom stereocenters. The number of pyridine rings is 1. The van der Waals surface area contributed by atoms with Crippen LogP contribution < -0.4 is 10.2 Å². The number of morpholine rings is 1. The maximum Gasteiger partial charge on any atom is 0.0779 e. The first-order valence-electron chi connectivity index (χ1n) is 8.42. The first-order chi connectivity index (χ1) is 10.4. The lowest BCUT2D eigenvalue weighted by molar-refractivity contribution is -0.00868. The van der Waals surface area contributed by atoms with Crippen molar-refractivity contribution in [3.05, 3.63) is 24.0 Å². The second-order valence-corrected chi connectivity index (χ2v) is 6.14. The van der Waals surface area contributed by atoms with Crippen molar-refractivity contribution in [3.63, 3.8) is 0 Å². The standard InChI is InChI=1S/C17H27N3O/c1-2-8-18-13-14-12-15(7-9-19-14)20-10-11-21-17-6-4-3-5-16(17)20/h7,9,12,16-18H,2-6,8,10-11,13H2,1H3. The molecular weight excluding hydrogens is 262 g/mol. The summed E-state index contributed by atoms with van der Waals surface area (Å²) in [5.41, 5.74) is 2.46. The number of nitrogens with one attached hydrogen (secondary N) is 1. The molecule has 4 heteroatoms. The summed E-state index contributed by atoms with van der Waals surface area (Å²) in [5, 5.41) is 3.43. The fraction of sp³-hybridized carbons (Fsp3) is 0.706. The summed E-state index contributed by atoms with van der Waals surface area (Å²) in [4.78, 5) is 7.04. The highest BCUT2D eigenvalue weighted by molar-refractivity contribution is 5.48. The Labute approximate surface area is 127 Å². The van der Waals surface area contributed by atoms with E-state index < -0.39 is 0 Å². The van der Waals surface area contributed by atoms with Gasteiger partial charge >= 0.3 is 0 Å². The van der Waals surface area contributed by atoms with Crippen molar-refractivity contribution in [2.75, 3.05) is 24.6 Å². The van der Waals surface area contributed by atoms with Gasteiger partial charge in [-0.3, -0.25) is 4.98 Å². The topological polar surface area (TPSA) is 37.4 Å². The Morgan fingerprint density at radius 3 is 3.19 bits per heavy atom. The minimum absolute atomic E-state index is 0.433. The van der Waals surface area contributed by atoms with E-state index in [1.54, 1.807) is 0 Å². The molecule has 2 aliphatic rings. The van der Waals surface area contributed by atoms with Crippen LogP contribution in [0, 0.1) is 0 Å². The second kappa shape index (κ2) is 7.23. The minimum atomic E-state index is 0.433. The number of ether oxygens (including phenoxy) is 1. The average Bonchev–Trinajstić information content (AvgIpc) is 2.55. The molecule has 2 unspecified atom stereocenters. The van der Waals surface area contributed by atoms with Crippen molar-refractivity contribution in [3.8, 4) is 0 Å². The summed E-state index contributed by atoms with van der Waals surface area (Å²) in [6.45, 7) is 5.96. The van der Waals surface area contributed by atoms with Gasteiger partial charge in [-0.15, -0.1) is 0 Å². The Hall–Kier alpha value is -1.13. The van der Waals surface area contributed by atoms with Crippen molar-refractivity contribution in [2.45, 2.75) is 57.7 Å². The summed E-state index contributed by atoms with van der Waals surface area (Å²) in [7, 11) is 0. The number of nitrogens with zero attached hydrogens (tertiary/aromatic N) is 2. The van der Waals surface area contributed by atoms with Crippen LogP contribution in [0.4, 0.5) is 5.69 Å². The molecule has 116 valence electrons. The Kier molecular flexibility index (Phi) is 5.09. The van der Waals surface area contributed by atoms with E-state index >= 15 is 0 Å². The molecule has 1 saturated carbocycles. The van der Waals surface area contributed by atoms with Gasteiger partial charge in [-0.05, 0) is 37.9 Å². The molecule has 4 nitrogen and oxygen atoms in total. The molecule has 1 aliphatic heterocycles. The average molecular weight is 289 g/mol. The van der Waals surface area contributed by atoms with Crippen molar-refractivity contribution in [1.82, 2.24) is 10.3 Å². The van der Waals surface area contributed by atoms with Crippen molar-refractivity contribution >= 4 is 5.69 Å². The van der Waals surface area contributed by atoms with Crippen molar-refractivity contribution in [2.24, 2.45) is 0 Å². The van der Waals surface area contributed by atoms with Crippen LogP contribution in [0.1, 0.15) is 44.7 Å². The van der Waals surface area contributed by atoms with Gasteiger partial charge in [0.25, 0.3) is 0 Å². The predicted octanol–water partition coefficient (Wildman–Crippen LogP) is 2.73. The third-order valence-corrected chi connectivity index (χ3v) is 4.60. The fourth-order valence-corrected chi connectivity index (χ4v) is 3.55. The van der Waals surface area contributed by atoms with Gasteiger partial charge in [0, 0.05) is 25.0 Å². The zero-order chi connectivity index (χ0) is 14.5. The van der Waals surface area contributed by atoms with Crippen LogP contribution in [0.3, 0.4) is 0 Å². The smallest absolute Gasteiger partial charge is 0.0779 e. The van der Waals surface area contributed by atoms with Gasteiger partial charge in [-0.25, -0.2) is 0 Å². The van der Waals surface area contributed by atoms with Crippen molar-refractivity contribution < 1.29 is 4.74 Å². The highest BCUT2D eigenvalue weighted by Gasteiger charge is 2.34. The summed E-state index contributed by atoms with van der Waals surface area (Å²) >= 11 is 0. The van der Waals surface area contributed by atoms with Gasteiger partial charge in [-0.1, -0.05) is 19.8 Å². The molecule has 1 aromatic rings. The van der Waals surface area contributed by atoms with E-state index in [1.807, 2.05) is 6.20 Å². The molecule has 0 aromatic carbocycles. The lowest BCUT2D eigenvalue weighted by Gasteiger charge is -2.45. The van der Waals surface area contributed by atoms with Gasteiger partial charge in [0.05, 0.1) is 24.4 Å². The molecule has 3 rings (SSSR count). The SMILES string of the molecule is CCCNCc1cc(N2CCOC3CCCCC32)ccn1. The van der Waals surface area contributed by atoms with E-state index in [0.29, 0.717) is 12.1 Å². The normalized spacial score (nSPS) is 25.7. The van der Waals surface area contributed by atoms with Crippen LogP contribution in [-0.4, -0.2) is 36.8 Å². The first-order valence-corrected chi connectivity index (χ1v) is 8.42. The first kappa shape index (κ1) is 14.8. The summed E-state index contributed by atoms with van der Waals surface area (Å²) in [5.74, 6) is 0. The Balaban J connectivity index is 1.71. The van der Waals surface area contributed by atoms with E-state index in [1.165, 1.54) is 31.4 Å². The quantitative estimate of drug-likeness (QED) is 0.846. The zero-order valence-electron chi connectivity index (χ0n) is 13.1. The summed E-state index contributed by atoms with van der Waals surface area (Å²) in [6, 6.07) is 4.96. The second-order valence-electron chi connectivity index (χ2n) is 6.14. The molecule has 1 saturated heterocycles. The van der Waals surface area contributed by atoms with E-state index in [0.717, 1.165) is 38.4 Å². The molecule has 2 fully saturated rings. The number of fused-ring (bicyclic) bond motifs is 1. The molecular formula is C17H27N3O. The number of aromatic nitrogens is 1. The number of anilines is 1. The highest BCUT2D eigenvalue weighted by Crippen LogP contribution is 2.31. The predicted molar refractivity (Wildman–Crippen MR) is 85.6 cm³/mol. The molecule has 0 amide bonds. The molecule has 2 heterocycles. The molecule has 0 bridgehead atoms. The molecule has 1 N–H and O–H groups in total. The van der Waals surface area contributed by atoms with Gasteiger partial charge in [0.15, 0.2) is 0 Å². The lowest BCUT2D eigenvalue weighted by Crippen LogP contribution is -2.52. The summed E-state index contributed by atoms with van der Waals surface area (Å²) in [6.07, 6.45) is 8.67. The molecule has 0 spiro atoms. The largest absolute Gasteiger partial charge is 0.374 e. The molecule has 0 radical (unpaired) electrons. The molecule has 1 aliphatic carbocycles. The van der Waals surface area contributed by atoms with E-state index in [4.69, 9.17) is 4.74 Å². The van der Waals surface area contributed by atoms with Gasteiger partial charge in [-0.2, -0.15) is 0 Å². The van der Waals surface area contributed by atoms with Crippen LogP contribution >= 0.6 is 0 Å². The van der Waals surface area contributed by atoms with Crippen LogP contribution in [0.25, 0.3) is 0 Å². The number of hydrogen-bond donors (Lipinski definition) is 1. The molecule has 1 aromatic heterocycles.